The van der Waals surface area contributed by atoms with Crippen molar-refractivity contribution < 1.29 is 23.8 Å². The highest BCUT2D eigenvalue weighted by Crippen LogP contribution is 2.42. The summed E-state index contributed by atoms with van der Waals surface area (Å²) in [5.74, 6) is 1.97. The molecule has 0 fully saturated rings. The van der Waals surface area contributed by atoms with Crippen LogP contribution in [0.25, 0.3) is 0 Å². The molecule has 0 radical (unpaired) electrons. The molecule has 252 valence electrons. The third kappa shape index (κ3) is 8.30. The fraction of sp³-hybridized carbons (Fsp3) is 0.250. The first-order chi connectivity index (χ1) is 24.0. The highest BCUT2D eigenvalue weighted by Gasteiger charge is 2.36. The average molecular weight is 697 g/mol. The topological polar surface area (TPSA) is 120 Å². The summed E-state index contributed by atoms with van der Waals surface area (Å²) in [6.45, 7) is 0.597. The molecule has 0 saturated heterocycles. The third-order valence-electron chi connectivity index (χ3n) is 7.91. The number of ether oxygens (including phenoxy) is 3. The van der Waals surface area contributed by atoms with Gasteiger partial charge in [-0.2, -0.15) is 5.10 Å². The summed E-state index contributed by atoms with van der Waals surface area (Å²) in [7, 11) is 3.19. The first kappa shape index (κ1) is 33.7. The number of rotatable bonds is 15. The normalized spacial score (nSPS) is 14.0. The molecule has 2 amide bonds. The molecule has 3 aromatic carbocycles. The standard InChI is InChI=1S/C36H36N6O5S2/c1-45-30-16-9-15-27(35(30)46-2)29-21-28(31-17-10-20-48-31)40-42(29)34(44)24-49-36-39-38-32(41(36)19-18-25-11-5-3-6-12-25)22-37-33(43)23-47-26-13-7-4-8-14-26/h3-17,20,29H,18-19,21-24H2,1-2H3,(H,37,43). The lowest BCUT2D eigenvalue weighted by Crippen LogP contribution is -2.30. The number of para-hydroxylation sites is 2. The van der Waals surface area contributed by atoms with Gasteiger partial charge in [-0.3, -0.25) is 9.59 Å². The number of thiophene rings is 1. The SMILES string of the molecule is COc1cccc(C2CC(c3cccs3)=NN2C(=O)CSc2nnc(CNC(=O)COc3ccccc3)n2CCc2ccccc2)c1OC. The molecule has 49 heavy (non-hydrogen) atoms. The van der Waals surface area contributed by atoms with Crippen molar-refractivity contribution in [3.8, 4) is 17.2 Å². The van der Waals surface area contributed by atoms with E-state index in [1.54, 1.807) is 42.7 Å². The van der Waals surface area contributed by atoms with Crippen molar-refractivity contribution in [1.82, 2.24) is 25.1 Å². The molecular weight excluding hydrogens is 661 g/mol. The Kier molecular flexibility index (Phi) is 11.2. The molecule has 0 aliphatic carbocycles. The number of amides is 2. The van der Waals surface area contributed by atoms with Crippen LogP contribution in [-0.2, 0) is 29.1 Å². The zero-order valence-electron chi connectivity index (χ0n) is 27.2. The van der Waals surface area contributed by atoms with Crippen LogP contribution in [0.1, 0.15) is 34.3 Å². The van der Waals surface area contributed by atoms with E-state index in [1.165, 1.54) is 11.8 Å². The average Bonchev–Trinajstić information content (AvgIpc) is 3.92. The van der Waals surface area contributed by atoms with Crippen LogP contribution >= 0.6 is 23.1 Å². The molecule has 6 rings (SSSR count). The molecule has 2 aromatic heterocycles. The predicted octanol–water partition coefficient (Wildman–Crippen LogP) is 5.76. The van der Waals surface area contributed by atoms with Gasteiger partial charge < -0.3 is 24.1 Å². The van der Waals surface area contributed by atoms with Crippen molar-refractivity contribution in [2.45, 2.75) is 37.1 Å². The van der Waals surface area contributed by atoms with Crippen LogP contribution in [0.15, 0.2) is 107 Å². The second kappa shape index (κ2) is 16.3. The summed E-state index contributed by atoms with van der Waals surface area (Å²) in [4.78, 5) is 27.6. The van der Waals surface area contributed by atoms with Gasteiger partial charge in [0.15, 0.2) is 29.1 Å². The first-order valence-corrected chi connectivity index (χ1v) is 17.6. The minimum atomic E-state index is -0.380. The Morgan fingerprint density at radius 1 is 0.939 bits per heavy atom. The van der Waals surface area contributed by atoms with Crippen molar-refractivity contribution in [1.29, 1.82) is 0 Å². The van der Waals surface area contributed by atoms with Crippen molar-refractivity contribution in [2.24, 2.45) is 5.10 Å². The number of carbonyl (C=O) groups excluding carboxylic acids is 2. The van der Waals surface area contributed by atoms with Crippen LogP contribution in [0.2, 0.25) is 0 Å². The predicted molar refractivity (Wildman–Crippen MR) is 189 cm³/mol. The molecule has 5 aromatic rings. The van der Waals surface area contributed by atoms with Gasteiger partial charge in [-0.15, -0.1) is 21.5 Å². The smallest absolute Gasteiger partial charge is 0.258 e. The molecule has 0 spiro atoms. The number of nitrogens with one attached hydrogen (secondary N) is 1. The number of aromatic nitrogens is 3. The lowest BCUT2D eigenvalue weighted by atomic mass is 9.99. The lowest BCUT2D eigenvalue weighted by Gasteiger charge is -2.24. The molecule has 1 aliphatic rings. The van der Waals surface area contributed by atoms with Crippen LogP contribution in [-0.4, -0.2) is 63.9 Å². The van der Waals surface area contributed by atoms with E-state index in [9.17, 15) is 9.59 Å². The van der Waals surface area contributed by atoms with Gasteiger partial charge in [-0.25, -0.2) is 5.01 Å². The molecule has 1 atom stereocenters. The number of aryl methyl sites for hydroxylation is 1. The monoisotopic (exact) mass is 696 g/mol. The van der Waals surface area contributed by atoms with Crippen LogP contribution in [0.5, 0.6) is 17.2 Å². The molecule has 3 heterocycles. The van der Waals surface area contributed by atoms with Gasteiger partial charge in [0.1, 0.15) is 5.75 Å². The first-order valence-electron chi connectivity index (χ1n) is 15.7. The second-order valence-electron chi connectivity index (χ2n) is 11.0. The Bertz CT molecular complexity index is 1880. The number of hydrogen-bond donors (Lipinski definition) is 1. The van der Waals surface area contributed by atoms with Gasteiger partial charge in [-0.1, -0.05) is 78.5 Å². The number of methoxy groups -OCH3 is 2. The fourth-order valence-electron chi connectivity index (χ4n) is 5.50. The molecule has 1 N–H and O–H groups in total. The maximum Gasteiger partial charge on any atom is 0.258 e. The van der Waals surface area contributed by atoms with Crippen molar-refractivity contribution in [2.75, 3.05) is 26.6 Å². The van der Waals surface area contributed by atoms with E-state index in [4.69, 9.17) is 19.3 Å². The zero-order valence-corrected chi connectivity index (χ0v) is 28.8. The van der Waals surface area contributed by atoms with Crippen LogP contribution in [0.3, 0.4) is 0 Å². The number of hydrazone groups is 1. The van der Waals surface area contributed by atoms with Gasteiger partial charge in [0, 0.05) is 18.5 Å². The summed E-state index contributed by atoms with van der Waals surface area (Å²) < 4.78 is 18.8. The van der Waals surface area contributed by atoms with Gasteiger partial charge >= 0.3 is 0 Å². The largest absolute Gasteiger partial charge is 0.493 e. The summed E-state index contributed by atoms with van der Waals surface area (Å²) in [5.41, 5.74) is 2.80. The van der Waals surface area contributed by atoms with Gasteiger partial charge in [0.2, 0.25) is 0 Å². The summed E-state index contributed by atoms with van der Waals surface area (Å²) >= 11 is 2.88. The molecule has 11 nitrogen and oxygen atoms in total. The van der Waals surface area contributed by atoms with Crippen molar-refractivity contribution in [3.63, 3.8) is 0 Å². The Morgan fingerprint density at radius 2 is 1.73 bits per heavy atom. The van der Waals surface area contributed by atoms with E-state index in [0.717, 1.165) is 28.1 Å². The summed E-state index contributed by atoms with van der Waals surface area (Å²) in [6, 6.07) is 28.5. The number of hydrogen-bond acceptors (Lipinski definition) is 10. The number of carbonyl (C=O) groups is 2. The molecule has 0 saturated carbocycles. The third-order valence-corrected chi connectivity index (χ3v) is 9.78. The summed E-state index contributed by atoms with van der Waals surface area (Å²) in [5, 5.41) is 20.7. The van der Waals surface area contributed by atoms with Crippen LogP contribution in [0.4, 0.5) is 0 Å². The van der Waals surface area contributed by atoms with Crippen molar-refractivity contribution >= 4 is 40.6 Å². The Morgan fingerprint density at radius 3 is 2.47 bits per heavy atom. The Balaban J connectivity index is 1.19. The summed E-state index contributed by atoms with van der Waals surface area (Å²) in [6.07, 6.45) is 1.25. The number of benzene rings is 3. The molecule has 1 unspecified atom stereocenters. The zero-order chi connectivity index (χ0) is 34.0. The molecule has 1 aliphatic heterocycles. The Labute approximate surface area is 292 Å². The van der Waals surface area contributed by atoms with E-state index < -0.39 is 0 Å². The van der Waals surface area contributed by atoms with Crippen LogP contribution < -0.4 is 19.5 Å². The maximum atomic E-state index is 14.0. The van der Waals surface area contributed by atoms with E-state index in [-0.39, 0.29) is 36.8 Å². The molecular formula is C36H36N6O5S2. The van der Waals surface area contributed by atoms with E-state index in [2.05, 4.69) is 27.6 Å². The van der Waals surface area contributed by atoms with Gasteiger partial charge in [0.05, 0.1) is 43.1 Å². The van der Waals surface area contributed by atoms with E-state index in [1.807, 2.05) is 76.7 Å². The van der Waals surface area contributed by atoms with Crippen molar-refractivity contribution in [3.05, 3.63) is 118 Å². The van der Waals surface area contributed by atoms with Crippen LogP contribution in [0, 0.1) is 0 Å². The lowest BCUT2D eigenvalue weighted by molar-refractivity contribution is -0.130. The number of nitrogens with zero attached hydrogens (tertiary/aromatic N) is 5. The quantitative estimate of drug-likeness (QED) is 0.137. The highest BCUT2D eigenvalue weighted by atomic mass is 32.2. The second-order valence-corrected chi connectivity index (χ2v) is 12.9. The minimum absolute atomic E-state index is 0.0742. The molecule has 13 heteroatoms. The highest BCUT2D eigenvalue weighted by molar-refractivity contribution is 7.99. The Hall–Kier alpha value is -5.14. The minimum Gasteiger partial charge on any atom is -0.493 e. The maximum absolute atomic E-state index is 14.0. The van der Waals surface area contributed by atoms with E-state index in [0.29, 0.717) is 41.2 Å². The number of thioether (sulfide) groups is 1. The van der Waals surface area contributed by atoms with E-state index >= 15 is 0 Å². The van der Waals surface area contributed by atoms with Gasteiger partial charge in [-0.05, 0) is 41.6 Å². The fourth-order valence-corrected chi connectivity index (χ4v) is 7.06. The molecule has 0 bridgehead atoms. The van der Waals surface area contributed by atoms with Gasteiger partial charge in [0.25, 0.3) is 11.8 Å².